The van der Waals surface area contributed by atoms with Crippen LogP contribution in [-0.4, -0.2) is 75.5 Å². The van der Waals surface area contributed by atoms with Gasteiger partial charge in [0.25, 0.3) is 5.91 Å². The molecule has 2 aliphatic rings. The van der Waals surface area contributed by atoms with Crippen LogP contribution < -0.4 is 5.32 Å². The Labute approximate surface area is 156 Å². The van der Waals surface area contributed by atoms with Crippen LogP contribution in [0, 0.1) is 6.92 Å². The zero-order valence-electron chi connectivity index (χ0n) is 15.0. The average Bonchev–Trinajstić information content (AvgIpc) is 3.01. The van der Waals surface area contributed by atoms with Gasteiger partial charge < -0.3 is 20.3 Å². The highest BCUT2D eigenvalue weighted by Crippen LogP contribution is 2.40. The molecule has 8 nitrogen and oxygen atoms in total. The molecule has 0 bridgehead atoms. The van der Waals surface area contributed by atoms with Crippen molar-refractivity contribution in [3.63, 3.8) is 0 Å². The summed E-state index contributed by atoms with van der Waals surface area (Å²) in [5, 5.41) is 23.0. The molecular formula is C17H25N3O5S. The van der Waals surface area contributed by atoms with Gasteiger partial charge in [-0.2, -0.15) is 0 Å². The fraction of sp³-hybridized carbons (Fsp3) is 0.706. The van der Waals surface area contributed by atoms with Gasteiger partial charge in [0.05, 0.1) is 28.9 Å². The molecule has 2 fully saturated rings. The van der Waals surface area contributed by atoms with Gasteiger partial charge in [0.1, 0.15) is 11.0 Å². The molecule has 2 atom stereocenters. The number of ether oxygens (including phenoxy) is 1. The van der Waals surface area contributed by atoms with Gasteiger partial charge in [-0.1, -0.05) is 0 Å². The summed E-state index contributed by atoms with van der Waals surface area (Å²) in [6.07, 6.45) is 0.713. The van der Waals surface area contributed by atoms with E-state index in [1.54, 1.807) is 12.4 Å². The molecule has 9 heteroatoms. The summed E-state index contributed by atoms with van der Waals surface area (Å²) in [6.45, 7) is 5.15. The quantitative estimate of drug-likeness (QED) is 0.699. The van der Waals surface area contributed by atoms with Crippen LogP contribution in [0.25, 0.3) is 0 Å². The standard InChI is InChI=1S/C17H25N3O5S/c1-11-13(26-10-18-11)14(23)19-16(2)5-8-25-17(15(16)24)3-6-20(7-4-17)9-12(21)22/h10,15,24H,3-9H2,1-2H3,(H,19,23)(H,21,22)/t15-,16+/m0/s1. The summed E-state index contributed by atoms with van der Waals surface area (Å²) in [5.74, 6) is -1.09. The van der Waals surface area contributed by atoms with Crippen LogP contribution in [0.15, 0.2) is 5.51 Å². The highest BCUT2D eigenvalue weighted by atomic mass is 32.1. The smallest absolute Gasteiger partial charge is 0.317 e. The molecule has 2 aliphatic heterocycles. The van der Waals surface area contributed by atoms with E-state index in [0.29, 0.717) is 49.5 Å². The molecule has 0 aromatic carbocycles. The van der Waals surface area contributed by atoms with E-state index in [1.807, 2.05) is 11.8 Å². The number of carbonyl (C=O) groups excluding carboxylic acids is 1. The van der Waals surface area contributed by atoms with Crippen molar-refractivity contribution in [2.75, 3.05) is 26.2 Å². The second-order valence-corrected chi connectivity index (χ2v) is 8.23. The van der Waals surface area contributed by atoms with Gasteiger partial charge in [0.15, 0.2) is 0 Å². The van der Waals surface area contributed by atoms with Crippen molar-refractivity contribution in [1.29, 1.82) is 0 Å². The first-order chi connectivity index (χ1) is 12.3. The monoisotopic (exact) mass is 383 g/mol. The van der Waals surface area contributed by atoms with Crippen molar-refractivity contribution >= 4 is 23.2 Å². The van der Waals surface area contributed by atoms with Gasteiger partial charge in [-0.05, 0) is 33.1 Å². The number of hydrogen-bond acceptors (Lipinski definition) is 7. The summed E-state index contributed by atoms with van der Waals surface area (Å²) in [6, 6.07) is 0. The number of aryl methyl sites for hydroxylation is 1. The Balaban J connectivity index is 1.71. The van der Waals surface area contributed by atoms with E-state index in [1.165, 1.54) is 11.3 Å². The Kier molecular flexibility index (Phi) is 5.34. The largest absolute Gasteiger partial charge is 0.480 e. The lowest BCUT2D eigenvalue weighted by Crippen LogP contribution is -2.69. The summed E-state index contributed by atoms with van der Waals surface area (Å²) in [5.41, 5.74) is 0.750. The SMILES string of the molecule is Cc1ncsc1C(=O)N[C@]1(C)CCOC2(CCN(CC(=O)O)CC2)[C@H]1O. The Bertz CT molecular complexity index is 686. The number of thiazole rings is 1. The maximum atomic E-state index is 12.6. The predicted octanol–water partition coefficient (Wildman–Crippen LogP) is 0.640. The number of aromatic nitrogens is 1. The van der Waals surface area contributed by atoms with E-state index in [4.69, 9.17) is 9.84 Å². The predicted molar refractivity (Wildman–Crippen MR) is 95.3 cm³/mol. The van der Waals surface area contributed by atoms with Crippen molar-refractivity contribution in [2.45, 2.75) is 50.4 Å². The normalized spacial score (nSPS) is 28.8. The molecule has 1 aromatic heterocycles. The Morgan fingerprint density at radius 3 is 2.69 bits per heavy atom. The number of nitrogens with one attached hydrogen (secondary N) is 1. The minimum absolute atomic E-state index is 0.00909. The van der Waals surface area contributed by atoms with Crippen LogP contribution in [-0.2, 0) is 9.53 Å². The van der Waals surface area contributed by atoms with Gasteiger partial charge in [-0.25, -0.2) is 4.98 Å². The summed E-state index contributed by atoms with van der Waals surface area (Å²) in [4.78, 5) is 30.0. The highest BCUT2D eigenvalue weighted by Gasteiger charge is 2.54. The van der Waals surface area contributed by atoms with Gasteiger partial charge in [-0.15, -0.1) is 11.3 Å². The number of carboxylic acids is 1. The van der Waals surface area contributed by atoms with E-state index in [0.717, 1.165) is 0 Å². The topological polar surface area (TPSA) is 112 Å². The van der Waals surface area contributed by atoms with Crippen LogP contribution in [0.1, 0.15) is 41.6 Å². The van der Waals surface area contributed by atoms with Crippen molar-refractivity contribution in [3.05, 3.63) is 16.1 Å². The van der Waals surface area contributed by atoms with Crippen LogP contribution >= 0.6 is 11.3 Å². The van der Waals surface area contributed by atoms with Crippen LogP contribution in [0.3, 0.4) is 0 Å². The molecule has 144 valence electrons. The maximum Gasteiger partial charge on any atom is 0.317 e. The Hall–Kier alpha value is -1.55. The van der Waals surface area contributed by atoms with Crippen LogP contribution in [0.2, 0.25) is 0 Å². The molecule has 1 amide bonds. The summed E-state index contributed by atoms with van der Waals surface area (Å²) >= 11 is 1.28. The number of carbonyl (C=O) groups is 2. The third-order valence-corrected chi connectivity index (χ3v) is 6.45. The second kappa shape index (κ2) is 7.22. The van der Waals surface area contributed by atoms with Crippen molar-refractivity contribution in [3.8, 4) is 0 Å². The van der Waals surface area contributed by atoms with E-state index < -0.39 is 23.2 Å². The fourth-order valence-electron chi connectivity index (χ4n) is 3.93. The van der Waals surface area contributed by atoms with Crippen LogP contribution in [0.5, 0.6) is 0 Å². The molecule has 1 aromatic rings. The third-order valence-electron chi connectivity index (χ3n) is 5.52. The Morgan fingerprint density at radius 1 is 1.42 bits per heavy atom. The first-order valence-corrected chi connectivity index (χ1v) is 9.62. The van der Waals surface area contributed by atoms with Gasteiger partial charge in [0.2, 0.25) is 0 Å². The van der Waals surface area contributed by atoms with Crippen molar-refractivity contribution in [1.82, 2.24) is 15.2 Å². The number of amides is 1. The Morgan fingerprint density at radius 2 is 2.12 bits per heavy atom. The molecule has 2 saturated heterocycles. The summed E-state index contributed by atoms with van der Waals surface area (Å²) in [7, 11) is 0. The molecule has 0 radical (unpaired) electrons. The molecule has 0 saturated carbocycles. The van der Waals surface area contributed by atoms with Crippen LogP contribution in [0.4, 0.5) is 0 Å². The molecule has 3 heterocycles. The molecule has 3 N–H and O–H groups in total. The zero-order chi connectivity index (χ0) is 18.9. The molecular weight excluding hydrogens is 358 g/mol. The van der Waals surface area contributed by atoms with E-state index in [9.17, 15) is 14.7 Å². The van der Waals surface area contributed by atoms with Gasteiger partial charge >= 0.3 is 5.97 Å². The minimum Gasteiger partial charge on any atom is -0.480 e. The lowest BCUT2D eigenvalue weighted by Gasteiger charge is -2.53. The number of aliphatic hydroxyl groups excluding tert-OH is 1. The lowest BCUT2D eigenvalue weighted by atomic mass is 9.73. The first-order valence-electron chi connectivity index (χ1n) is 8.74. The number of aliphatic carboxylic acids is 1. The highest BCUT2D eigenvalue weighted by molar-refractivity contribution is 7.11. The van der Waals surface area contributed by atoms with Gasteiger partial charge in [-0.3, -0.25) is 14.5 Å². The van der Waals surface area contributed by atoms with Gasteiger partial charge in [0, 0.05) is 19.7 Å². The van der Waals surface area contributed by atoms with Crippen molar-refractivity contribution < 1.29 is 24.5 Å². The number of likely N-dealkylation sites (tertiary alicyclic amines) is 1. The molecule has 1 spiro atoms. The first kappa shape index (κ1) is 19.2. The maximum absolute atomic E-state index is 12.6. The van der Waals surface area contributed by atoms with E-state index >= 15 is 0 Å². The number of hydrogen-bond donors (Lipinski definition) is 3. The van der Waals surface area contributed by atoms with E-state index in [2.05, 4.69) is 10.3 Å². The summed E-state index contributed by atoms with van der Waals surface area (Å²) < 4.78 is 5.98. The number of rotatable bonds is 4. The zero-order valence-corrected chi connectivity index (χ0v) is 15.8. The molecule has 26 heavy (non-hydrogen) atoms. The number of aliphatic hydroxyl groups is 1. The minimum atomic E-state index is -0.868. The molecule has 3 rings (SSSR count). The second-order valence-electron chi connectivity index (χ2n) is 7.37. The average molecular weight is 383 g/mol. The third kappa shape index (κ3) is 3.62. The molecule has 0 unspecified atom stereocenters. The number of piperidine rings is 1. The number of carboxylic acid groups (broad SMARTS) is 1. The fourth-order valence-corrected chi connectivity index (χ4v) is 4.63. The van der Waals surface area contributed by atoms with E-state index in [-0.39, 0.29) is 12.5 Å². The lowest BCUT2D eigenvalue weighted by molar-refractivity contribution is -0.205. The van der Waals surface area contributed by atoms with Crippen molar-refractivity contribution in [2.24, 2.45) is 0 Å². The molecule has 0 aliphatic carbocycles. The number of nitrogens with zero attached hydrogens (tertiary/aromatic N) is 2.